The van der Waals surface area contributed by atoms with E-state index in [0.717, 1.165) is 22.4 Å². The van der Waals surface area contributed by atoms with Crippen LogP contribution in [0.15, 0.2) is 65.8 Å². The molecule has 4 rings (SSSR count). The molecule has 3 aromatic rings. The van der Waals surface area contributed by atoms with Crippen LogP contribution < -0.4 is 0 Å². The van der Waals surface area contributed by atoms with Crippen LogP contribution in [0.3, 0.4) is 0 Å². The maximum absolute atomic E-state index is 7.79. The molecule has 5 heteroatoms. The fourth-order valence-electron chi connectivity index (χ4n) is 3.17. The third-order valence-corrected chi connectivity index (χ3v) is 4.60. The van der Waals surface area contributed by atoms with Crippen LogP contribution in [0, 0.1) is 6.57 Å². The second-order valence-corrected chi connectivity index (χ2v) is 6.02. The summed E-state index contributed by atoms with van der Waals surface area (Å²) in [4.78, 5) is 8.58. The minimum absolute atomic E-state index is 0.197. The van der Waals surface area contributed by atoms with Crippen molar-refractivity contribution in [2.45, 2.75) is 12.0 Å². The monoisotopic (exact) mass is 332 g/mol. The molecular weight excluding hydrogens is 320 g/mol. The molecule has 2 heterocycles. The molecule has 24 heavy (non-hydrogen) atoms. The molecule has 0 aliphatic carbocycles. The van der Waals surface area contributed by atoms with Gasteiger partial charge in [0.05, 0.1) is 12.1 Å². The van der Waals surface area contributed by atoms with Gasteiger partial charge < -0.3 is 4.85 Å². The Bertz CT molecular complexity index is 953. The lowest BCUT2D eigenvalue weighted by Gasteiger charge is -2.24. The van der Waals surface area contributed by atoms with Gasteiger partial charge in [0.15, 0.2) is 5.82 Å². The molecule has 1 N–H and O–H groups in total. The standard InChI is InChI=1S/C19H13ClN4/c1-21-18-16(13-9-5-6-10-15(13)20)14-11-22-24-19(14)23-17(18)12-7-3-2-4-8-12/h2-11,16,18H,(H,22,24). The number of aromatic amines is 1. The van der Waals surface area contributed by atoms with Crippen LogP contribution in [0.2, 0.25) is 5.02 Å². The van der Waals surface area contributed by atoms with Crippen molar-refractivity contribution in [1.29, 1.82) is 0 Å². The minimum Gasteiger partial charge on any atom is -0.306 e. The van der Waals surface area contributed by atoms with Crippen LogP contribution in [0.5, 0.6) is 0 Å². The predicted molar refractivity (Wildman–Crippen MR) is 94.9 cm³/mol. The number of fused-ring (bicyclic) bond motifs is 1. The average Bonchev–Trinajstić information content (AvgIpc) is 3.10. The lowest BCUT2D eigenvalue weighted by atomic mass is 9.80. The zero-order chi connectivity index (χ0) is 16.5. The minimum atomic E-state index is -0.447. The van der Waals surface area contributed by atoms with Crippen molar-refractivity contribution in [2.24, 2.45) is 4.99 Å². The molecule has 0 saturated heterocycles. The highest BCUT2D eigenvalue weighted by Gasteiger charge is 2.41. The highest BCUT2D eigenvalue weighted by molar-refractivity contribution is 6.31. The molecule has 0 spiro atoms. The topological polar surface area (TPSA) is 45.4 Å². The Morgan fingerprint density at radius 1 is 1.00 bits per heavy atom. The second kappa shape index (κ2) is 5.95. The van der Waals surface area contributed by atoms with E-state index in [4.69, 9.17) is 18.2 Å². The van der Waals surface area contributed by atoms with Crippen LogP contribution in [0.4, 0.5) is 5.82 Å². The Balaban J connectivity index is 1.94. The van der Waals surface area contributed by atoms with E-state index in [2.05, 4.69) is 20.0 Å². The van der Waals surface area contributed by atoms with E-state index in [1.54, 1.807) is 6.20 Å². The average molecular weight is 333 g/mol. The Labute approximate surface area is 144 Å². The molecule has 0 radical (unpaired) electrons. The molecule has 2 aromatic carbocycles. The molecule has 1 aliphatic heterocycles. The van der Waals surface area contributed by atoms with Crippen molar-refractivity contribution in [3.8, 4) is 0 Å². The number of nitrogens with one attached hydrogen (secondary N) is 1. The third kappa shape index (κ3) is 2.31. The van der Waals surface area contributed by atoms with Crippen LogP contribution in [-0.2, 0) is 0 Å². The highest BCUT2D eigenvalue weighted by Crippen LogP contribution is 2.42. The smallest absolute Gasteiger partial charge is 0.276 e. The molecule has 4 nitrogen and oxygen atoms in total. The Morgan fingerprint density at radius 2 is 1.75 bits per heavy atom. The lowest BCUT2D eigenvalue weighted by Crippen LogP contribution is -2.29. The van der Waals surface area contributed by atoms with Gasteiger partial charge in [-0.25, -0.2) is 11.6 Å². The van der Waals surface area contributed by atoms with Crippen molar-refractivity contribution < 1.29 is 0 Å². The van der Waals surface area contributed by atoms with E-state index in [1.807, 2.05) is 54.6 Å². The molecule has 116 valence electrons. The SMILES string of the molecule is [C-]#[N+]C1C(c2ccccc2)=Nc2[nH]ncc2C1c1ccccc1Cl. The summed E-state index contributed by atoms with van der Waals surface area (Å²) in [5.41, 5.74) is 3.51. The highest BCUT2D eigenvalue weighted by atomic mass is 35.5. The summed E-state index contributed by atoms with van der Waals surface area (Å²) in [6.45, 7) is 7.79. The van der Waals surface area contributed by atoms with Gasteiger partial charge >= 0.3 is 0 Å². The van der Waals surface area contributed by atoms with Gasteiger partial charge in [-0.15, -0.1) is 0 Å². The van der Waals surface area contributed by atoms with Gasteiger partial charge in [-0.3, -0.25) is 5.10 Å². The number of aliphatic imine (C=N–C) groups is 1. The van der Waals surface area contributed by atoms with E-state index >= 15 is 0 Å². The van der Waals surface area contributed by atoms with Crippen molar-refractivity contribution in [3.05, 3.63) is 93.9 Å². The molecule has 2 unspecified atom stereocenters. The van der Waals surface area contributed by atoms with Crippen molar-refractivity contribution >= 4 is 23.1 Å². The van der Waals surface area contributed by atoms with Crippen molar-refractivity contribution in [2.75, 3.05) is 0 Å². The van der Waals surface area contributed by atoms with E-state index < -0.39 is 6.04 Å². The van der Waals surface area contributed by atoms with Crippen LogP contribution >= 0.6 is 11.6 Å². The van der Waals surface area contributed by atoms with Gasteiger partial charge in [0, 0.05) is 16.1 Å². The Morgan fingerprint density at radius 3 is 2.50 bits per heavy atom. The molecule has 0 fully saturated rings. The van der Waals surface area contributed by atoms with Crippen molar-refractivity contribution in [3.63, 3.8) is 0 Å². The molecule has 0 saturated carbocycles. The number of hydrogen-bond donors (Lipinski definition) is 1. The van der Waals surface area contributed by atoms with Gasteiger partial charge in [0.2, 0.25) is 0 Å². The fourth-order valence-corrected chi connectivity index (χ4v) is 3.42. The Kier molecular flexibility index (Phi) is 3.64. The normalized spacial score (nSPS) is 19.2. The van der Waals surface area contributed by atoms with Gasteiger partial charge in [-0.2, -0.15) is 5.10 Å². The summed E-state index contributed by atoms with van der Waals surface area (Å²) in [7, 11) is 0. The van der Waals surface area contributed by atoms with E-state index in [0.29, 0.717) is 10.8 Å². The summed E-state index contributed by atoms with van der Waals surface area (Å²) in [6, 6.07) is 17.0. The van der Waals surface area contributed by atoms with Crippen molar-refractivity contribution in [1.82, 2.24) is 10.2 Å². The summed E-state index contributed by atoms with van der Waals surface area (Å²) in [6.07, 6.45) is 1.74. The zero-order valence-electron chi connectivity index (χ0n) is 12.6. The number of benzene rings is 2. The number of halogens is 1. The fraction of sp³-hybridized carbons (Fsp3) is 0.105. The van der Waals surface area contributed by atoms with E-state index in [9.17, 15) is 0 Å². The summed E-state index contributed by atoms with van der Waals surface area (Å²) < 4.78 is 0. The molecular formula is C19H13ClN4. The molecule has 0 amide bonds. The van der Waals surface area contributed by atoms with E-state index in [-0.39, 0.29) is 5.92 Å². The molecule has 2 atom stereocenters. The first-order valence-electron chi connectivity index (χ1n) is 7.58. The first-order chi connectivity index (χ1) is 11.8. The first-order valence-corrected chi connectivity index (χ1v) is 7.95. The maximum Gasteiger partial charge on any atom is 0.276 e. The van der Waals surface area contributed by atoms with Gasteiger partial charge in [0.1, 0.15) is 5.71 Å². The van der Waals surface area contributed by atoms with Crippen LogP contribution in [0.25, 0.3) is 4.85 Å². The maximum atomic E-state index is 7.79. The van der Waals surface area contributed by atoms with Crippen LogP contribution in [0.1, 0.15) is 22.6 Å². The number of aromatic nitrogens is 2. The zero-order valence-corrected chi connectivity index (χ0v) is 13.4. The number of rotatable bonds is 2. The molecule has 1 aromatic heterocycles. The van der Waals surface area contributed by atoms with E-state index in [1.165, 1.54) is 0 Å². The Hall–Kier alpha value is -2.90. The number of nitrogens with zero attached hydrogens (tertiary/aromatic N) is 3. The second-order valence-electron chi connectivity index (χ2n) is 5.61. The summed E-state index contributed by atoms with van der Waals surface area (Å²) in [5.74, 6) is 0.497. The largest absolute Gasteiger partial charge is 0.306 e. The van der Waals surface area contributed by atoms with Gasteiger partial charge in [-0.1, -0.05) is 60.1 Å². The summed E-state index contributed by atoms with van der Waals surface area (Å²) in [5, 5.41) is 7.72. The predicted octanol–water partition coefficient (Wildman–Crippen LogP) is 4.62. The number of H-pyrrole nitrogens is 1. The van der Waals surface area contributed by atoms with Gasteiger partial charge in [0.25, 0.3) is 6.04 Å². The number of hydrogen-bond acceptors (Lipinski definition) is 2. The molecule has 1 aliphatic rings. The first kappa shape index (κ1) is 14.7. The molecule has 0 bridgehead atoms. The lowest BCUT2D eigenvalue weighted by molar-refractivity contribution is 0.794. The quantitative estimate of drug-likeness (QED) is 0.684. The van der Waals surface area contributed by atoms with Gasteiger partial charge in [-0.05, 0) is 11.6 Å². The third-order valence-electron chi connectivity index (χ3n) is 4.26. The van der Waals surface area contributed by atoms with Crippen LogP contribution in [-0.4, -0.2) is 22.0 Å². The summed E-state index contributed by atoms with van der Waals surface area (Å²) >= 11 is 6.43.